The lowest BCUT2D eigenvalue weighted by atomic mass is 10.2. The van der Waals surface area contributed by atoms with Crippen LogP contribution in [0.2, 0.25) is 0 Å². The van der Waals surface area contributed by atoms with Gasteiger partial charge in [0.05, 0.1) is 18.8 Å². The number of hydrogen-bond donors (Lipinski definition) is 0. The summed E-state index contributed by atoms with van der Waals surface area (Å²) in [6.07, 6.45) is 3.13. The van der Waals surface area contributed by atoms with Crippen LogP contribution in [-0.4, -0.2) is 43.2 Å². The zero-order valence-electron chi connectivity index (χ0n) is 15.3. The highest BCUT2D eigenvalue weighted by molar-refractivity contribution is 7.98. The number of thioether (sulfide) groups is 1. The van der Waals surface area contributed by atoms with Crippen molar-refractivity contribution in [2.24, 2.45) is 0 Å². The van der Waals surface area contributed by atoms with Crippen molar-refractivity contribution in [1.29, 1.82) is 0 Å². The van der Waals surface area contributed by atoms with Gasteiger partial charge in [-0.2, -0.15) is 21.8 Å². The standard InChI is InChI=1S/C18H25N5O2S/c1-12(2)18-19-16(25-21-18)10-22-6-3-4-14(22)9-23-17(24)8-13-11-26-7-5-15(13)20-23/h8,12,14H,3-7,9-11H2,1-2H3. The zero-order chi connectivity index (χ0) is 18.1. The monoisotopic (exact) mass is 375 g/mol. The van der Waals surface area contributed by atoms with Gasteiger partial charge in [0.25, 0.3) is 5.56 Å². The van der Waals surface area contributed by atoms with E-state index in [0.717, 1.165) is 54.4 Å². The van der Waals surface area contributed by atoms with Crippen molar-refractivity contribution < 1.29 is 4.52 Å². The van der Waals surface area contributed by atoms with Crippen LogP contribution in [0.4, 0.5) is 0 Å². The van der Waals surface area contributed by atoms with Crippen LogP contribution in [0, 0.1) is 0 Å². The fourth-order valence-electron chi connectivity index (χ4n) is 3.63. The van der Waals surface area contributed by atoms with Crippen LogP contribution in [0.1, 0.15) is 55.6 Å². The first-order valence-corrected chi connectivity index (χ1v) is 10.5. The van der Waals surface area contributed by atoms with Crippen LogP contribution in [0.3, 0.4) is 0 Å². The molecule has 1 fully saturated rings. The van der Waals surface area contributed by atoms with E-state index in [1.165, 1.54) is 0 Å². The van der Waals surface area contributed by atoms with Crippen molar-refractivity contribution in [2.45, 2.75) is 63.9 Å². The normalized spacial score (nSPS) is 20.7. The second-order valence-corrected chi connectivity index (χ2v) is 8.51. The molecule has 140 valence electrons. The number of rotatable bonds is 5. The molecule has 0 aromatic carbocycles. The molecule has 7 nitrogen and oxygen atoms in total. The first-order valence-electron chi connectivity index (χ1n) is 9.34. The maximum absolute atomic E-state index is 12.5. The molecule has 26 heavy (non-hydrogen) atoms. The van der Waals surface area contributed by atoms with Crippen LogP contribution in [0.15, 0.2) is 15.4 Å². The Hall–Kier alpha value is -1.67. The summed E-state index contributed by atoms with van der Waals surface area (Å²) in [7, 11) is 0. The van der Waals surface area contributed by atoms with E-state index < -0.39 is 0 Å². The Morgan fingerprint density at radius 2 is 2.31 bits per heavy atom. The molecule has 1 unspecified atom stereocenters. The number of likely N-dealkylation sites (tertiary alicyclic amines) is 1. The molecule has 2 aliphatic rings. The van der Waals surface area contributed by atoms with Gasteiger partial charge in [-0.25, -0.2) is 4.68 Å². The molecule has 0 aliphatic carbocycles. The van der Waals surface area contributed by atoms with Crippen LogP contribution in [0.5, 0.6) is 0 Å². The SMILES string of the molecule is CC(C)c1noc(CN2CCCC2Cn2nc3c(cc2=O)CSCC3)n1. The average Bonchev–Trinajstić information content (AvgIpc) is 3.26. The van der Waals surface area contributed by atoms with Crippen molar-refractivity contribution in [3.05, 3.63) is 39.4 Å². The van der Waals surface area contributed by atoms with E-state index in [1.807, 2.05) is 11.8 Å². The van der Waals surface area contributed by atoms with Crippen molar-refractivity contribution in [3.8, 4) is 0 Å². The Labute approximate surface area is 157 Å². The maximum atomic E-state index is 12.5. The molecule has 2 aromatic rings. The highest BCUT2D eigenvalue weighted by Gasteiger charge is 2.28. The number of aromatic nitrogens is 4. The van der Waals surface area contributed by atoms with Gasteiger partial charge in [0.1, 0.15) is 0 Å². The topological polar surface area (TPSA) is 77.0 Å². The summed E-state index contributed by atoms with van der Waals surface area (Å²) >= 11 is 1.87. The maximum Gasteiger partial charge on any atom is 0.267 e. The van der Waals surface area contributed by atoms with E-state index in [2.05, 4.69) is 34.0 Å². The van der Waals surface area contributed by atoms with Crippen LogP contribution in [0.25, 0.3) is 0 Å². The fraction of sp³-hybridized carbons (Fsp3) is 0.667. The molecule has 1 saturated heterocycles. The second kappa shape index (κ2) is 7.52. The molecule has 4 rings (SSSR count). The molecule has 0 bridgehead atoms. The lowest BCUT2D eigenvalue weighted by Crippen LogP contribution is -2.37. The largest absolute Gasteiger partial charge is 0.338 e. The first kappa shape index (κ1) is 17.7. The molecule has 2 aliphatic heterocycles. The predicted octanol–water partition coefficient (Wildman–Crippen LogP) is 2.20. The third-order valence-corrected chi connectivity index (χ3v) is 6.13. The Kier molecular flexibility index (Phi) is 5.13. The minimum atomic E-state index is 0.0120. The number of nitrogens with zero attached hydrogens (tertiary/aromatic N) is 5. The smallest absolute Gasteiger partial charge is 0.267 e. The molecule has 2 aromatic heterocycles. The number of fused-ring (bicyclic) bond motifs is 1. The van der Waals surface area contributed by atoms with Gasteiger partial charge in [0.15, 0.2) is 5.82 Å². The minimum Gasteiger partial charge on any atom is -0.338 e. The van der Waals surface area contributed by atoms with Crippen molar-refractivity contribution in [2.75, 3.05) is 12.3 Å². The Morgan fingerprint density at radius 3 is 3.12 bits per heavy atom. The Morgan fingerprint density at radius 1 is 1.42 bits per heavy atom. The lowest BCUT2D eigenvalue weighted by molar-refractivity contribution is 0.189. The van der Waals surface area contributed by atoms with Gasteiger partial charge < -0.3 is 4.52 Å². The summed E-state index contributed by atoms with van der Waals surface area (Å²) < 4.78 is 7.05. The summed E-state index contributed by atoms with van der Waals surface area (Å²) in [4.78, 5) is 19.3. The van der Waals surface area contributed by atoms with Gasteiger partial charge in [-0.15, -0.1) is 0 Å². The quantitative estimate of drug-likeness (QED) is 0.793. The summed E-state index contributed by atoms with van der Waals surface area (Å²) in [5, 5.41) is 8.70. The van der Waals surface area contributed by atoms with Crippen molar-refractivity contribution in [1.82, 2.24) is 24.8 Å². The molecule has 0 radical (unpaired) electrons. The van der Waals surface area contributed by atoms with Gasteiger partial charge in [-0.1, -0.05) is 19.0 Å². The molecule has 0 saturated carbocycles. The Bertz CT molecular complexity index is 831. The molecular formula is C18H25N5O2S. The van der Waals surface area contributed by atoms with Gasteiger partial charge >= 0.3 is 0 Å². The van der Waals surface area contributed by atoms with E-state index in [0.29, 0.717) is 19.0 Å². The van der Waals surface area contributed by atoms with Crippen LogP contribution >= 0.6 is 11.8 Å². The Balaban J connectivity index is 1.47. The fourth-order valence-corrected chi connectivity index (χ4v) is 4.59. The summed E-state index contributed by atoms with van der Waals surface area (Å²) in [5.74, 6) is 3.66. The third kappa shape index (κ3) is 3.71. The molecule has 4 heterocycles. The van der Waals surface area contributed by atoms with E-state index >= 15 is 0 Å². The number of aryl methyl sites for hydroxylation is 1. The van der Waals surface area contributed by atoms with E-state index in [1.54, 1.807) is 10.7 Å². The van der Waals surface area contributed by atoms with Gasteiger partial charge in [0, 0.05) is 30.2 Å². The highest BCUT2D eigenvalue weighted by Crippen LogP contribution is 2.23. The molecule has 8 heteroatoms. The van der Waals surface area contributed by atoms with E-state index in [-0.39, 0.29) is 17.5 Å². The summed E-state index contributed by atoms with van der Waals surface area (Å²) in [6, 6.07) is 2.06. The molecule has 0 N–H and O–H groups in total. The molecular weight excluding hydrogens is 350 g/mol. The first-order chi connectivity index (χ1) is 12.6. The van der Waals surface area contributed by atoms with E-state index in [4.69, 9.17) is 4.52 Å². The lowest BCUT2D eigenvalue weighted by Gasteiger charge is -2.24. The third-order valence-electron chi connectivity index (χ3n) is 5.13. The second-order valence-electron chi connectivity index (χ2n) is 7.41. The molecule has 1 atom stereocenters. The van der Waals surface area contributed by atoms with Crippen molar-refractivity contribution in [3.63, 3.8) is 0 Å². The highest BCUT2D eigenvalue weighted by atomic mass is 32.2. The number of hydrogen-bond acceptors (Lipinski definition) is 7. The van der Waals surface area contributed by atoms with Crippen LogP contribution in [-0.2, 0) is 25.3 Å². The average molecular weight is 375 g/mol. The van der Waals surface area contributed by atoms with Gasteiger partial charge in [-0.05, 0) is 30.7 Å². The summed E-state index contributed by atoms with van der Waals surface area (Å²) in [5.41, 5.74) is 2.21. The van der Waals surface area contributed by atoms with Gasteiger partial charge in [0.2, 0.25) is 5.89 Å². The van der Waals surface area contributed by atoms with Gasteiger partial charge in [-0.3, -0.25) is 9.69 Å². The molecule has 0 spiro atoms. The van der Waals surface area contributed by atoms with Crippen LogP contribution < -0.4 is 5.56 Å². The predicted molar refractivity (Wildman–Crippen MR) is 100 cm³/mol. The zero-order valence-corrected chi connectivity index (χ0v) is 16.2. The van der Waals surface area contributed by atoms with E-state index in [9.17, 15) is 4.79 Å². The van der Waals surface area contributed by atoms with Crippen molar-refractivity contribution >= 4 is 11.8 Å². The minimum absolute atomic E-state index is 0.0120. The molecule has 0 amide bonds. The summed E-state index contributed by atoms with van der Waals surface area (Å²) in [6.45, 7) is 6.37.